The van der Waals surface area contributed by atoms with Gasteiger partial charge in [-0.1, -0.05) is 40.5 Å². The largest absolute Gasteiger partial charge is 0.380 e. The Morgan fingerprint density at radius 2 is 1.84 bits per heavy atom. The van der Waals surface area contributed by atoms with Gasteiger partial charge in [-0.25, -0.2) is 0 Å². The van der Waals surface area contributed by atoms with Crippen molar-refractivity contribution in [3.05, 3.63) is 0 Å². The number of rotatable bonds is 8. The van der Waals surface area contributed by atoms with Crippen LogP contribution in [0.15, 0.2) is 0 Å². The van der Waals surface area contributed by atoms with E-state index < -0.39 is 0 Å². The third-order valence-electron chi connectivity index (χ3n) is 5.05. The molecule has 0 heterocycles. The first-order valence-electron chi connectivity index (χ1n) is 8.40. The summed E-state index contributed by atoms with van der Waals surface area (Å²) in [5.41, 5.74) is 0. The Morgan fingerprint density at radius 3 is 2.37 bits per heavy atom. The van der Waals surface area contributed by atoms with Crippen LogP contribution >= 0.6 is 0 Å². The molecule has 1 saturated carbocycles. The van der Waals surface area contributed by atoms with E-state index in [0.717, 1.165) is 24.3 Å². The summed E-state index contributed by atoms with van der Waals surface area (Å²) in [7, 11) is 1.88. The highest BCUT2D eigenvalue weighted by atomic mass is 16.5. The molecule has 0 spiro atoms. The van der Waals surface area contributed by atoms with Crippen molar-refractivity contribution >= 4 is 0 Å². The van der Waals surface area contributed by atoms with E-state index in [9.17, 15) is 0 Å². The molecular weight excluding hydrogens is 234 g/mol. The highest BCUT2D eigenvalue weighted by molar-refractivity contribution is 4.88. The highest BCUT2D eigenvalue weighted by Gasteiger charge is 2.33. The van der Waals surface area contributed by atoms with Crippen LogP contribution in [0.2, 0.25) is 0 Å². The lowest BCUT2D eigenvalue weighted by molar-refractivity contribution is 0.0233. The first-order valence-corrected chi connectivity index (χ1v) is 8.40. The fourth-order valence-corrected chi connectivity index (χ4v) is 3.56. The lowest BCUT2D eigenvalue weighted by Gasteiger charge is -2.40. The van der Waals surface area contributed by atoms with Gasteiger partial charge in [0.1, 0.15) is 0 Å². The van der Waals surface area contributed by atoms with Gasteiger partial charge in [0.25, 0.3) is 0 Å². The molecule has 0 saturated heterocycles. The van der Waals surface area contributed by atoms with Crippen molar-refractivity contribution in [3.63, 3.8) is 0 Å². The molecule has 0 amide bonds. The lowest BCUT2D eigenvalue weighted by Crippen LogP contribution is -2.48. The average Bonchev–Trinajstić information content (AvgIpc) is 2.41. The number of hydrogen-bond acceptors (Lipinski definition) is 2. The molecule has 0 aliphatic heterocycles. The summed E-state index contributed by atoms with van der Waals surface area (Å²) < 4.78 is 5.80. The summed E-state index contributed by atoms with van der Waals surface area (Å²) in [6.07, 6.45) is 8.11. The summed E-state index contributed by atoms with van der Waals surface area (Å²) >= 11 is 0. The monoisotopic (exact) mass is 269 g/mol. The summed E-state index contributed by atoms with van der Waals surface area (Å²) in [6, 6.07) is 0.555. The van der Waals surface area contributed by atoms with Crippen LogP contribution in [0.3, 0.4) is 0 Å². The van der Waals surface area contributed by atoms with Gasteiger partial charge in [-0.3, -0.25) is 0 Å². The summed E-state index contributed by atoms with van der Waals surface area (Å²) in [6.45, 7) is 10.5. The molecule has 1 fully saturated rings. The third kappa shape index (κ3) is 5.07. The first-order chi connectivity index (χ1) is 9.13. The van der Waals surface area contributed by atoms with Gasteiger partial charge in [0.05, 0.1) is 6.10 Å². The van der Waals surface area contributed by atoms with Gasteiger partial charge in [-0.2, -0.15) is 0 Å². The van der Waals surface area contributed by atoms with Crippen molar-refractivity contribution in [1.29, 1.82) is 0 Å². The smallest absolute Gasteiger partial charge is 0.0726 e. The third-order valence-corrected chi connectivity index (χ3v) is 5.05. The quantitative estimate of drug-likeness (QED) is 0.711. The zero-order chi connectivity index (χ0) is 14.3. The van der Waals surface area contributed by atoms with Crippen LogP contribution in [0, 0.1) is 17.8 Å². The maximum Gasteiger partial charge on any atom is 0.0726 e. The Balaban J connectivity index is 2.66. The second-order valence-electron chi connectivity index (χ2n) is 6.57. The number of hydrogen-bond donors (Lipinski definition) is 1. The minimum Gasteiger partial charge on any atom is -0.380 e. The van der Waals surface area contributed by atoms with E-state index >= 15 is 0 Å². The van der Waals surface area contributed by atoms with E-state index in [0.29, 0.717) is 12.1 Å². The van der Waals surface area contributed by atoms with Gasteiger partial charge in [0.2, 0.25) is 0 Å². The summed E-state index contributed by atoms with van der Waals surface area (Å²) in [5.74, 6) is 2.56. The predicted molar refractivity (Wildman–Crippen MR) is 83.5 cm³/mol. The van der Waals surface area contributed by atoms with Crippen LogP contribution in [0.5, 0.6) is 0 Å². The van der Waals surface area contributed by atoms with Crippen molar-refractivity contribution in [2.75, 3.05) is 13.7 Å². The van der Waals surface area contributed by atoms with Gasteiger partial charge in [0.15, 0.2) is 0 Å². The normalized spacial score (nSPS) is 31.1. The zero-order valence-corrected chi connectivity index (χ0v) is 13.7. The molecule has 0 radical (unpaired) electrons. The molecule has 114 valence electrons. The lowest BCUT2D eigenvalue weighted by atomic mass is 9.72. The van der Waals surface area contributed by atoms with Crippen molar-refractivity contribution in [1.82, 2.24) is 5.32 Å². The van der Waals surface area contributed by atoms with Crippen LogP contribution in [-0.4, -0.2) is 25.8 Å². The van der Waals surface area contributed by atoms with Crippen LogP contribution in [0.4, 0.5) is 0 Å². The van der Waals surface area contributed by atoms with Crippen molar-refractivity contribution in [3.8, 4) is 0 Å². The second kappa shape index (κ2) is 8.97. The van der Waals surface area contributed by atoms with Crippen LogP contribution in [0.1, 0.15) is 66.2 Å². The molecule has 1 aliphatic rings. The first kappa shape index (κ1) is 17.0. The molecule has 2 heteroatoms. The SMILES string of the molecule is CCCNC(C1CCC(C)C(C)C1)C(CCC)OC. The molecule has 1 aliphatic carbocycles. The fraction of sp³-hybridized carbons (Fsp3) is 1.00. The van der Waals surface area contributed by atoms with Crippen molar-refractivity contribution in [2.24, 2.45) is 17.8 Å². The molecule has 5 unspecified atom stereocenters. The molecule has 1 N–H and O–H groups in total. The van der Waals surface area contributed by atoms with Gasteiger partial charge in [0, 0.05) is 13.2 Å². The average molecular weight is 269 g/mol. The van der Waals surface area contributed by atoms with Crippen LogP contribution in [0.25, 0.3) is 0 Å². The van der Waals surface area contributed by atoms with E-state index in [1.807, 2.05) is 7.11 Å². The maximum atomic E-state index is 5.80. The number of nitrogens with one attached hydrogen (secondary N) is 1. The molecule has 1 rings (SSSR count). The fourth-order valence-electron chi connectivity index (χ4n) is 3.56. The molecule has 0 aromatic carbocycles. The molecule has 2 nitrogen and oxygen atoms in total. The Kier molecular flexibility index (Phi) is 8.01. The van der Waals surface area contributed by atoms with Gasteiger partial charge >= 0.3 is 0 Å². The second-order valence-corrected chi connectivity index (χ2v) is 6.57. The van der Waals surface area contributed by atoms with Gasteiger partial charge in [-0.05, 0) is 50.0 Å². The molecule has 0 aromatic rings. The zero-order valence-electron chi connectivity index (χ0n) is 13.7. The topological polar surface area (TPSA) is 21.3 Å². The molecule has 0 bridgehead atoms. The van der Waals surface area contributed by atoms with Crippen molar-refractivity contribution < 1.29 is 4.74 Å². The molecular formula is C17H35NO. The molecule has 5 atom stereocenters. The maximum absolute atomic E-state index is 5.80. The van der Waals surface area contributed by atoms with E-state index in [4.69, 9.17) is 4.74 Å². The Bertz CT molecular complexity index is 231. The minimum atomic E-state index is 0.391. The van der Waals surface area contributed by atoms with E-state index in [-0.39, 0.29) is 0 Å². The number of ether oxygens (including phenoxy) is 1. The van der Waals surface area contributed by atoms with Gasteiger partial charge in [-0.15, -0.1) is 0 Å². The summed E-state index contributed by atoms with van der Waals surface area (Å²) in [4.78, 5) is 0. The highest BCUT2D eigenvalue weighted by Crippen LogP contribution is 2.36. The van der Waals surface area contributed by atoms with Crippen LogP contribution in [-0.2, 0) is 4.74 Å². The number of methoxy groups -OCH3 is 1. The van der Waals surface area contributed by atoms with Crippen LogP contribution < -0.4 is 5.32 Å². The standard InChI is InChI=1S/C17H35NO/c1-6-8-16(19-5)17(18-11-7-2)15-10-9-13(3)14(4)12-15/h13-18H,6-12H2,1-5H3. The van der Waals surface area contributed by atoms with E-state index in [1.165, 1.54) is 38.5 Å². The molecule has 19 heavy (non-hydrogen) atoms. The van der Waals surface area contributed by atoms with E-state index in [2.05, 4.69) is 33.0 Å². The Morgan fingerprint density at radius 1 is 1.11 bits per heavy atom. The van der Waals surface area contributed by atoms with E-state index in [1.54, 1.807) is 0 Å². The van der Waals surface area contributed by atoms with Gasteiger partial charge < -0.3 is 10.1 Å². The molecule has 0 aromatic heterocycles. The Hall–Kier alpha value is -0.0800. The predicted octanol–water partition coefficient (Wildman–Crippen LogP) is 4.24. The Labute approximate surface area is 120 Å². The minimum absolute atomic E-state index is 0.391. The summed E-state index contributed by atoms with van der Waals surface area (Å²) in [5, 5.41) is 3.79. The van der Waals surface area contributed by atoms with Crippen molar-refractivity contribution in [2.45, 2.75) is 78.4 Å².